The number of nitrogens with one attached hydrogen (secondary N) is 1. The zero-order valence-electron chi connectivity index (χ0n) is 14.5. The van der Waals surface area contributed by atoms with Gasteiger partial charge >= 0.3 is 0 Å². The number of hydrogen-bond acceptors (Lipinski definition) is 5. The Labute approximate surface area is 169 Å². The van der Waals surface area contributed by atoms with E-state index >= 15 is 0 Å². The van der Waals surface area contributed by atoms with Gasteiger partial charge in [0.25, 0.3) is 0 Å². The normalized spacial score (nSPS) is 14.4. The smallest absolute Gasteiger partial charge is 0.250 e. The van der Waals surface area contributed by atoms with Gasteiger partial charge in [-0.15, -0.1) is 11.3 Å². The Morgan fingerprint density at radius 2 is 2.15 bits per heavy atom. The van der Waals surface area contributed by atoms with Crippen LogP contribution in [-0.4, -0.2) is 22.3 Å². The lowest BCUT2D eigenvalue weighted by Crippen LogP contribution is -2.29. The van der Waals surface area contributed by atoms with Crippen LogP contribution in [0.5, 0.6) is 0 Å². The molecule has 1 N–H and O–H groups in total. The minimum atomic E-state index is -0.213. The zero-order valence-corrected chi connectivity index (χ0v) is 16.9. The van der Waals surface area contributed by atoms with Crippen molar-refractivity contribution in [3.8, 4) is 0 Å². The largest absolute Gasteiger partial charge is 0.450 e. The first kappa shape index (κ1) is 18.2. The van der Waals surface area contributed by atoms with Gasteiger partial charge in [0, 0.05) is 37.0 Å². The maximum absolute atomic E-state index is 12.1. The Morgan fingerprint density at radius 1 is 1.30 bits per heavy atom. The maximum atomic E-state index is 12.1. The fourth-order valence-corrected chi connectivity index (χ4v) is 4.37. The summed E-state index contributed by atoms with van der Waals surface area (Å²) in [5.74, 6) is 0.404. The van der Waals surface area contributed by atoms with Crippen molar-refractivity contribution in [2.24, 2.45) is 0 Å². The Morgan fingerprint density at radius 3 is 2.93 bits per heavy atom. The average molecular weight is 444 g/mol. The van der Waals surface area contributed by atoms with Crippen molar-refractivity contribution in [1.82, 2.24) is 9.88 Å². The van der Waals surface area contributed by atoms with Gasteiger partial charge in [-0.2, -0.15) is 0 Å². The van der Waals surface area contributed by atoms with E-state index in [9.17, 15) is 4.79 Å². The molecule has 2 aromatic heterocycles. The average Bonchev–Trinajstić information content (AvgIpc) is 3.26. The molecule has 1 aliphatic rings. The van der Waals surface area contributed by atoms with Crippen LogP contribution >= 0.6 is 27.3 Å². The lowest BCUT2D eigenvalue weighted by molar-refractivity contribution is -0.111. The third-order valence-electron chi connectivity index (χ3n) is 4.28. The van der Waals surface area contributed by atoms with Gasteiger partial charge in [0.2, 0.25) is 5.91 Å². The highest BCUT2D eigenvalue weighted by molar-refractivity contribution is 9.10. The minimum absolute atomic E-state index is 0.213. The van der Waals surface area contributed by atoms with Crippen LogP contribution in [0, 0.1) is 0 Å². The molecule has 1 amide bonds. The number of benzene rings is 1. The first-order valence-corrected chi connectivity index (χ1v) is 10.3. The highest BCUT2D eigenvalue weighted by Crippen LogP contribution is 2.29. The molecule has 0 fully saturated rings. The van der Waals surface area contributed by atoms with Crippen molar-refractivity contribution in [3.05, 3.63) is 75.1 Å². The van der Waals surface area contributed by atoms with Gasteiger partial charge < -0.3 is 4.42 Å². The summed E-state index contributed by atoms with van der Waals surface area (Å²) in [5.41, 5.74) is 2.41. The third-order valence-corrected chi connectivity index (χ3v) is 5.71. The minimum Gasteiger partial charge on any atom is -0.450 e. The molecule has 3 aromatic rings. The molecule has 27 heavy (non-hydrogen) atoms. The predicted octanol–water partition coefficient (Wildman–Crippen LogP) is 4.71. The molecular formula is C20H18BrN3O2S. The number of carbonyl (C=O) groups is 1. The second-order valence-electron chi connectivity index (χ2n) is 6.30. The molecule has 0 spiro atoms. The van der Waals surface area contributed by atoms with Gasteiger partial charge in [-0.3, -0.25) is 15.0 Å². The summed E-state index contributed by atoms with van der Waals surface area (Å²) >= 11 is 4.79. The first-order valence-electron chi connectivity index (χ1n) is 8.65. The lowest BCUT2D eigenvalue weighted by Gasteiger charge is -2.25. The van der Waals surface area contributed by atoms with Crippen LogP contribution in [0.2, 0.25) is 0 Å². The third kappa shape index (κ3) is 4.74. The molecule has 1 aliphatic heterocycles. The van der Waals surface area contributed by atoms with Crippen LogP contribution in [0.1, 0.15) is 21.9 Å². The fourth-order valence-electron chi connectivity index (χ4n) is 3.00. The summed E-state index contributed by atoms with van der Waals surface area (Å²) < 4.78 is 5.98. The molecule has 0 bridgehead atoms. The van der Waals surface area contributed by atoms with Crippen molar-refractivity contribution >= 4 is 44.4 Å². The van der Waals surface area contributed by atoms with Crippen LogP contribution in [0.25, 0.3) is 6.08 Å². The molecule has 0 radical (unpaired) electrons. The summed E-state index contributed by atoms with van der Waals surface area (Å²) in [6, 6.07) is 14.1. The molecule has 0 unspecified atom stereocenters. The zero-order chi connectivity index (χ0) is 18.6. The highest BCUT2D eigenvalue weighted by atomic mass is 79.9. The van der Waals surface area contributed by atoms with Gasteiger partial charge in [0.15, 0.2) is 9.80 Å². The number of amides is 1. The SMILES string of the molecule is O=C(/C=C/c1ccc(Br)o1)Nc1nc2c(s1)CN(Cc1ccccc1)CC2. The molecule has 4 rings (SSSR count). The standard InChI is InChI=1S/C20H18BrN3O2S/c21-18-8-6-15(26-18)7-9-19(25)23-20-22-16-10-11-24(13-17(16)27-20)12-14-4-2-1-3-5-14/h1-9H,10-13H2,(H,22,23,25)/b9-7+. The molecule has 1 aromatic carbocycles. The first-order chi connectivity index (χ1) is 13.2. The van der Waals surface area contributed by atoms with Crippen molar-refractivity contribution < 1.29 is 9.21 Å². The van der Waals surface area contributed by atoms with Crippen molar-refractivity contribution in [3.63, 3.8) is 0 Å². The molecule has 0 saturated heterocycles. The van der Waals surface area contributed by atoms with Crippen LogP contribution in [0.3, 0.4) is 0 Å². The van der Waals surface area contributed by atoms with Gasteiger partial charge in [-0.1, -0.05) is 30.3 Å². The van der Waals surface area contributed by atoms with Crippen molar-refractivity contribution in [2.75, 3.05) is 11.9 Å². The summed E-state index contributed by atoms with van der Waals surface area (Å²) in [6.45, 7) is 2.78. The maximum Gasteiger partial charge on any atom is 0.250 e. The topological polar surface area (TPSA) is 58.4 Å². The van der Waals surface area contributed by atoms with Crippen LogP contribution in [0.15, 0.2) is 57.6 Å². The second-order valence-corrected chi connectivity index (χ2v) is 8.16. The van der Waals surface area contributed by atoms with Gasteiger partial charge in [0.05, 0.1) is 5.69 Å². The molecule has 0 atom stereocenters. The molecule has 7 heteroatoms. The summed E-state index contributed by atoms with van der Waals surface area (Å²) in [6.07, 6.45) is 3.99. The summed E-state index contributed by atoms with van der Waals surface area (Å²) in [4.78, 5) is 20.3. The number of carbonyl (C=O) groups excluding carboxylic acids is 1. The van der Waals surface area contributed by atoms with E-state index in [2.05, 4.69) is 55.4 Å². The number of aromatic nitrogens is 1. The van der Waals surface area contributed by atoms with Gasteiger partial charge in [0.1, 0.15) is 5.76 Å². The lowest BCUT2D eigenvalue weighted by atomic mass is 10.1. The number of rotatable bonds is 5. The van der Waals surface area contributed by atoms with Gasteiger partial charge in [-0.25, -0.2) is 4.98 Å². The van der Waals surface area contributed by atoms with Crippen LogP contribution in [0.4, 0.5) is 5.13 Å². The van der Waals surface area contributed by atoms with Crippen molar-refractivity contribution in [2.45, 2.75) is 19.5 Å². The number of hydrogen-bond donors (Lipinski definition) is 1. The molecule has 0 saturated carbocycles. The molecule has 5 nitrogen and oxygen atoms in total. The van der Waals surface area contributed by atoms with E-state index in [0.717, 1.165) is 31.7 Å². The Bertz CT molecular complexity index is 965. The number of furan rings is 1. The number of anilines is 1. The van der Waals surface area contributed by atoms with E-state index in [1.54, 1.807) is 29.5 Å². The second kappa shape index (κ2) is 8.21. The van der Waals surface area contributed by atoms with E-state index in [-0.39, 0.29) is 5.91 Å². The quantitative estimate of drug-likeness (QED) is 0.580. The Balaban J connectivity index is 1.36. The summed E-state index contributed by atoms with van der Waals surface area (Å²) in [5, 5.41) is 3.50. The number of thiazole rings is 1. The van der Waals surface area contributed by atoms with E-state index in [4.69, 9.17) is 4.42 Å². The van der Waals surface area contributed by atoms with E-state index < -0.39 is 0 Å². The monoisotopic (exact) mass is 443 g/mol. The van der Waals surface area contributed by atoms with E-state index in [0.29, 0.717) is 15.6 Å². The number of fused-ring (bicyclic) bond motifs is 1. The van der Waals surface area contributed by atoms with Crippen LogP contribution < -0.4 is 5.32 Å². The van der Waals surface area contributed by atoms with Gasteiger partial charge in [-0.05, 0) is 39.7 Å². The molecule has 3 heterocycles. The van der Waals surface area contributed by atoms with Crippen LogP contribution in [-0.2, 0) is 24.3 Å². The Hall–Kier alpha value is -2.22. The molecule has 138 valence electrons. The molecular weight excluding hydrogens is 426 g/mol. The number of nitrogens with zero attached hydrogens (tertiary/aromatic N) is 2. The summed E-state index contributed by atoms with van der Waals surface area (Å²) in [7, 11) is 0. The molecule has 0 aliphatic carbocycles. The van der Waals surface area contributed by atoms with E-state index in [1.165, 1.54) is 16.5 Å². The number of halogens is 1. The Kier molecular flexibility index (Phi) is 5.52. The predicted molar refractivity (Wildman–Crippen MR) is 110 cm³/mol. The van der Waals surface area contributed by atoms with E-state index in [1.807, 2.05) is 6.07 Å². The highest BCUT2D eigenvalue weighted by Gasteiger charge is 2.21. The van der Waals surface area contributed by atoms with Crippen molar-refractivity contribution in [1.29, 1.82) is 0 Å². The fraction of sp³-hybridized carbons (Fsp3) is 0.200.